The smallest absolute Gasteiger partial charge is 0.329 e. The molecule has 0 unspecified atom stereocenters. The Bertz CT molecular complexity index is 1060. The summed E-state index contributed by atoms with van der Waals surface area (Å²) in [6.45, 7) is 14.2. The number of carbonyl (C=O) groups is 4. The van der Waals surface area contributed by atoms with Crippen LogP contribution in [0.3, 0.4) is 0 Å². The Morgan fingerprint density at radius 1 is 0.632 bits per heavy atom. The maximum Gasteiger partial charge on any atom is 0.329 e. The van der Waals surface area contributed by atoms with Gasteiger partial charge in [-0.15, -0.1) is 0 Å². The van der Waals surface area contributed by atoms with Crippen molar-refractivity contribution in [1.29, 1.82) is 0 Å². The molecular formula is C28H38N4O6. The van der Waals surface area contributed by atoms with Gasteiger partial charge in [-0.1, -0.05) is 27.7 Å². The van der Waals surface area contributed by atoms with Gasteiger partial charge in [-0.25, -0.2) is 9.59 Å². The molecule has 0 aliphatic rings. The van der Waals surface area contributed by atoms with Gasteiger partial charge in [-0.3, -0.25) is 19.6 Å². The van der Waals surface area contributed by atoms with E-state index in [2.05, 4.69) is 20.6 Å². The van der Waals surface area contributed by atoms with Gasteiger partial charge >= 0.3 is 11.9 Å². The molecule has 10 nitrogen and oxygen atoms in total. The zero-order valence-electron chi connectivity index (χ0n) is 23.3. The minimum Gasteiger partial charge on any atom is -0.461 e. The Balaban J connectivity index is 2.24. The second-order valence-electron chi connectivity index (χ2n) is 10.2. The molecule has 2 amide bonds. The molecule has 0 saturated carbocycles. The van der Waals surface area contributed by atoms with Crippen LogP contribution in [0.15, 0.2) is 36.7 Å². The second kappa shape index (κ2) is 13.6. The van der Waals surface area contributed by atoms with Crippen LogP contribution in [-0.2, 0) is 19.1 Å². The largest absolute Gasteiger partial charge is 0.461 e. The van der Waals surface area contributed by atoms with Crippen molar-refractivity contribution in [1.82, 2.24) is 20.6 Å². The quantitative estimate of drug-likeness (QED) is 0.424. The first-order chi connectivity index (χ1) is 17.8. The summed E-state index contributed by atoms with van der Waals surface area (Å²) in [4.78, 5) is 59.4. The van der Waals surface area contributed by atoms with Crippen molar-refractivity contribution in [2.75, 3.05) is 0 Å². The van der Waals surface area contributed by atoms with Gasteiger partial charge in [0.1, 0.15) is 12.1 Å². The van der Waals surface area contributed by atoms with Crippen LogP contribution in [-0.4, -0.2) is 58.0 Å². The van der Waals surface area contributed by atoms with Gasteiger partial charge < -0.3 is 20.1 Å². The number of hydrogen-bond acceptors (Lipinski definition) is 8. The number of amides is 2. The summed E-state index contributed by atoms with van der Waals surface area (Å²) in [6, 6.07) is 4.47. The molecule has 38 heavy (non-hydrogen) atoms. The van der Waals surface area contributed by atoms with Gasteiger partial charge in [0.15, 0.2) is 0 Å². The molecule has 0 aliphatic heterocycles. The first kappa shape index (κ1) is 30.4. The summed E-state index contributed by atoms with van der Waals surface area (Å²) in [6.07, 6.45) is 2.29. The highest BCUT2D eigenvalue weighted by atomic mass is 16.5. The minimum absolute atomic E-state index is 0.184. The number of aromatic nitrogens is 2. The average molecular weight is 527 g/mol. The molecule has 206 valence electrons. The van der Waals surface area contributed by atoms with Crippen molar-refractivity contribution in [3.05, 3.63) is 47.8 Å². The van der Waals surface area contributed by atoms with Crippen LogP contribution in [0.4, 0.5) is 0 Å². The number of hydrogen-bond donors (Lipinski definition) is 2. The van der Waals surface area contributed by atoms with E-state index in [1.807, 2.05) is 27.7 Å². The maximum atomic E-state index is 13.0. The van der Waals surface area contributed by atoms with Crippen molar-refractivity contribution in [2.45, 2.75) is 79.7 Å². The zero-order chi connectivity index (χ0) is 28.6. The Morgan fingerprint density at radius 2 is 0.974 bits per heavy atom. The molecule has 2 N–H and O–H groups in total. The van der Waals surface area contributed by atoms with Crippen LogP contribution in [0.25, 0.3) is 11.4 Å². The van der Waals surface area contributed by atoms with Crippen LogP contribution in [0.5, 0.6) is 0 Å². The maximum absolute atomic E-state index is 13.0. The van der Waals surface area contributed by atoms with E-state index in [4.69, 9.17) is 9.47 Å². The summed E-state index contributed by atoms with van der Waals surface area (Å²) in [5.41, 5.74) is 1.26. The molecule has 2 rings (SSSR count). The minimum atomic E-state index is -0.817. The molecular weight excluding hydrogens is 488 g/mol. The average Bonchev–Trinajstić information content (AvgIpc) is 2.84. The lowest BCUT2D eigenvalue weighted by Crippen LogP contribution is -2.46. The molecule has 0 aliphatic carbocycles. The Hall–Kier alpha value is -3.82. The zero-order valence-corrected chi connectivity index (χ0v) is 23.3. The van der Waals surface area contributed by atoms with Crippen molar-refractivity contribution in [2.24, 2.45) is 11.8 Å². The molecule has 2 atom stereocenters. The van der Waals surface area contributed by atoms with E-state index in [0.717, 1.165) is 0 Å². The van der Waals surface area contributed by atoms with E-state index in [0.29, 0.717) is 11.4 Å². The molecule has 0 radical (unpaired) electrons. The number of ether oxygens (including phenoxy) is 2. The highest BCUT2D eigenvalue weighted by Gasteiger charge is 2.28. The molecule has 0 aromatic carbocycles. The Labute approximate surface area is 223 Å². The molecule has 10 heteroatoms. The lowest BCUT2D eigenvalue weighted by Gasteiger charge is -2.22. The summed E-state index contributed by atoms with van der Waals surface area (Å²) in [5.74, 6) is -2.31. The van der Waals surface area contributed by atoms with E-state index < -0.39 is 35.8 Å². The molecule has 2 heterocycles. The second-order valence-corrected chi connectivity index (χ2v) is 10.2. The van der Waals surface area contributed by atoms with E-state index in [1.54, 1.807) is 27.7 Å². The van der Waals surface area contributed by atoms with Gasteiger partial charge in [0, 0.05) is 23.5 Å². The lowest BCUT2D eigenvalue weighted by atomic mass is 10.0. The van der Waals surface area contributed by atoms with Crippen LogP contribution < -0.4 is 10.6 Å². The Kier molecular flexibility index (Phi) is 10.9. The summed E-state index contributed by atoms with van der Waals surface area (Å²) < 4.78 is 10.5. The number of rotatable bonds is 11. The predicted octanol–water partition coefficient (Wildman–Crippen LogP) is 3.56. The van der Waals surface area contributed by atoms with E-state index in [-0.39, 0.29) is 35.2 Å². The fraction of sp³-hybridized carbons (Fsp3) is 0.500. The van der Waals surface area contributed by atoms with Gasteiger partial charge in [0.25, 0.3) is 11.8 Å². The third-order valence-corrected chi connectivity index (χ3v) is 5.42. The highest BCUT2D eigenvalue weighted by Crippen LogP contribution is 2.18. The summed E-state index contributed by atoms with van der Waals surface area (Å²) in [7, 11) is 0. The summed E-state index contributed by atoms with van der Waals surface area (Å²) in [5, 5.41) is 5.47. The van der Waals surface area contributed by atoms with Crippen LogP contribution in [0.2, 0.25) is 0 Å². The van der Waals surface area contributed by atoms with Gasteiger partial charge in [-0.2, -0.15) is 0 Å². The van der Waals surface area contributed by atoms with Crippen LogP contribution in [0, 0.1) is 11.8 Å². The van der Waals surface area contributed by atoms with Gasteiger partial charge in [0.05, 0.1) is 23.6 Å². The number of esters is 2. The molecule has 0 saturated heterocycles. The fourth-order valence-corrected chi connectivity index (χ4v) is 3.48. The van der Waals surface area contributed by atoms with Crippen LogP contribution >= 0.6 is 0 Å². The molecule has 2 aromatic rings. The van der Waals surface area contributed by atoms with Crippen LogP contribution in [0.1, 0.15) is 76.1 Å². The topological polar surface area (TPSA) is 137 Å². The third kappa shape index (κ3) is 8.64. The van der Waals surface area contributed by atoms with Crippen molar-refractivity contribution < 1.29 is 28.7 Å². The van der Waals surface area contributed by atoms with Crippen molar-refractivity contribution >= 4 is 23.8 Å². The van der Waals surface area contributed by atoms with Gasteiger partial charge in [-0.05, 0) is 63.8 Å². The van der Waals surface area contributed by atoms with E-state index in [1.165, 1.54) is 36.7 Å². The molecule has 0 bridgehead atoms. The normalized spacial score (nSPS) is 12.8. The lowest BCUT2D eigenvalue weighted by molar-refractivity contribution is -0.151. The first-order valence-electron chi connectivity index (χ1n) is 12.7. The predicted molar refractivity (Wildman–Crippen MR) is 142 cm³/mol. The molecule has 2 aromatic heterocycles. The first-order valence-corrected chi connectivity index (χ1v) is 12.7. The van der Waals surface area contributed by atoms with E-state index >= 15 is 0 Å². The number of nitrogens with zero attached hydrogens (tertiary/aromatic N) is 2. The number of carbonyl (C=O) groups excluding carboxylic acids is 4. The summed E-state index contributed by atoms with van der Waals surface area (Å²) >= 11 is 0. The number of nitrogens with one attached hydrogen (secondary N) is 2. The van der Waals surface area contributed by atoms with Crippen molar-refractivity contribution in [3.8, 4) is 11.4 Å². The highest BCUT2D eigenvalue weighted by molar-refractivity contribution is 5.99. The van der Waals surface area contributed by atoms with Gasteiger partial charge in [0.2, 0.25) is 0 Å². The fourth-order valence-electron chi connectivity index (χ4n) is 3.48. The SMILES string of the molecule is CC(C)OC(=O)[C@@H](NC(=O)c1ccnc(-c2cc(C(=O)N[C@H](C(=O)OC(C)C)C(C)C)ccn2)c1)C(C)C. The standard InChI is InChI=1S/C28H38N4O6/c1-15(2)23(27(35)37-17(5)6)31-25(33)19-9-11-29-21(13-19)22-14-20(10-12-30-22)26(34)32-24(16(3)4)28(36)38-18(7)8/h9-18,23-24H,1-8H3,(H,31,33)(H,32,34)/t23-,24-/m0/s1. The molecule has 0 fully saturated rings. The molecule has 0 spiro atoms. The number of pyridine rings is 2. The third-order valence-electron chi connectivity index (χ3n) is 5.42. The van der Waals surface area contributed by atoms with Crippen molar-refractivity contribution in [3.63, 3.8) is 0 Å². The van der Waals surface area contributed by atoms with E-state index in [9.17, 15) is 19.2 Å². The monoisotopic (exact) mass is 526 g/mol. The Morgan fingerprint density at radius 3 is 1.26 bits per heavy atom.